The largest absolute Gasteiger partial charge is 0.397 e. The Morgan fingerprint density at radius 2 is 2.00 bits per heavy atom. The van der Waals surface area contributed by atoms with E-state index in [9.17, 15) is 4.39 Å². The molecule has 0 saturated carbocycles. The molecule has 0 radical (unpaired) electrons. The molecule has 2 aromatic carbocycles. The summed E-state index contributed by atoms with van der Waals surface area (Å²) in [4.78, 5) is 5.17. The highest BCUT2D eigenvalue weighted by atomic mass is 32.2. The van der Waals surface area contributed by atoms with Crippen molar-refractivity contribution in [3.05, 3.63) is 71.8 Å². The fourth-order valence-electron chi connectivity index (χ4n) is 3.31. The van der Waals surface area contributed by atoms with Crippen molar-refractivity contribution >= 4 is 34.4 Å². The summed E-state index contributed by atoms with van der Waals surface area (Å²) in [5, 5.41) is 8.59. The van der Waals surface area contributed by atoms with Crippen LogP contribution < -0.4 is 15.8 Å². The van der Waals surface area contributed by atoms with Crippen molar-refractivity contribution in [2.24, 2.45) is 0 Å². The number of nitrogen functional groups attached to an aromatic ring is 1. The minimum absolute atomic E-state index is 0.0477. The molecule has 0 aliphatic heterocycles. The molecule has 8 heteroatoms. The highest BCUT2D eigenvalue weighted by Crippen LogP contribution is 2.30. The maximum atomic E-state index is 14.5. The number of aryl methyl sites for hydroxylation is 1. The molecule has 0 aliphatic rings. The number of benzene rings is 2. The summed E-state index contributed by atoms with van der Waals surface area (Å²) in [5.74, 6) is 0.546. The highest BCUT2D eigenvalue weighted by Gasteiger charge is 2.14. The first-order valence-electron chi connectivity index (χ1n) is 9.57. The van der Waals surface area contributed by atoms with Gasteiger partial charge in [0.1, 0.15) is 11.6 Å². The molecular weight excluding hydrogens is 399 g/mol. The number of fused-ring (bicyclic) bond motifs is 1. The maximum Gasteiger partial charge on any atom is 0.140 e. The van der Waals surface area contributed by atoms with E-state index in [0.29, 0.717) is 11.3 Å². The Labute approximate surface area is 178 Å². The van der Waals surface area contributed by atoms with Gasteiger partial charge < -0.3 is 15.8 Å². The highest BCUT2D eigenvalue weighted by molar-refractivity contribution is 8.00. The molecule has 6 nitrogen and oxygen atoms in total. The third-order valence-corrected chi connectivity index (χ3v) is 5.78. The zero-order chi connectivity index (χ0) is 21.3. The van der Waals surface area contributed by atoms with E-state index < -0.39 is 0 Å². The summed E-state index contributed by atoms with van der Waals surface area (Å²) in [6.45, 7) is 3.86. The lowest BCUT2D eigenvalue weighted by atomic mass is 10.1. The van der Waals surface area contributed by atoms with Crippen molar-refractivity contribution in [2.75, 3.05) is 17.5 Å². The lowest BCUT2D eigenvalue weighted by molar-refractivity contribution is 0.559. The minimum Gasteiger partial charge on any atom is -0.397 e. The maximum absolute atomic E-state index is 14.5. The van der Waals surface area contributed by atoms with Crippen molar-refractivity contribution in [3.8, 4) is 5.69 Å². The smallest absolute Gasteiger partial charge is 0.140 e. The first kappa shape index (κ1) is 20.2. The molecule has 1 unspecified atom stereocenters. The number of rotatable bonds is 6. The number of aromatic nitrogens is 3. The number of anilines is 2. The van der Waals surface area contributed by atoms with Crippen LogP contribution in [-0.4, -0.2) is 21.8 Å². The Balaban J connectivity index is 1.64. The second kappa shape index (κ2) is 8.33. The minimum atomic E-state index is -0.232. The Hall–Kier alpha value is -3.10. The molecule has 0 amide bonds. The lowest BCUT2D eigenvalue weighted by Crippen LogP contribution is -2.13. The van der Waals surface area contributed by atoms with E-state index in [2.05, 4.69) is 20.1 Å². The summed E-state index contributed by atoms with van der Waals surface area (Å²) in [7, 11) is 1.81. The van der Waals surface area contributed by atoms with Gasteiger partial charge >= 0.3 is 0 Å². The molecule has 4 aromatic rings. The van der Waals surface area contributed by atoms with Gasteiger partial charge in [0.25, 0.3) is 0 Å². The van der Waals surface area contributed by atoms with Crippen molar-refractivity contribution < 1.29 is 4.39 Å². The van der Waals surface area contributed by atoms with Gasteiger partial charge in [-0.3, -0.25) is 4.98 Å². The molecule has 30 heavy (non-hydrogen) atoms. The van der Waals surface area contributed by atoms with Crippen LogP contribution in [0.4, 0.5) is 15.9 Å². The average Bonchev–Trinajstić information content (AvgIpc) is 3.12. The number of hydrogen-bond acceptors (Lipinski definition) is 6. The second-order valence-electron chi connectivity index (χ2n) is 7.05. The van der Waals surface area contributed by atoms with Gasteiger partial charge in [-0.25, -0.2) is 9.07 Å². The number of hydrogen-bond donors (Lipinski definition) is 3. The molecule has 154 valence electrons. The average molecular weight is 423 g/mol. The third kappa shape index (κ3) is 3.83. The summed E-state index contributed by atoms with van der Waals surface area (Å²) in [5.41, 5.74) is 9.81. The van der Waals surface area contributed by atoms with Crippen LogP contribution in [-0.2, 0) is 0 Å². The molecule has 4 rings (SSSR count). The van der Waals surface area contributed by atoms with Crippen LogP contribution in [0.2, 0.25) is 0 Å². The van der Waals surface area contributed by atoms with Gasteiger partial charge in [-0.2, -0.15) is 5.10 Å². The summed E-state index contributed by atoms with van der Waals surface area (Å²) in [6.07, 6.45) is 1.72. The standard InChI is InChI=1S/C22H23FN6S/c1-13-11-21(28-30-15-6-7-16(14(2)25-3)18(23)12-15)29(27-13)20-9-8-19(24)22-17(20)5-4-10-26-22/h4-12,14,25,28H,24H2,1-3H3. The van der Waals surface area contributed by atoms with Gasteiger partial charge in [-0.05, 0) is 69.2 Å². The van der Waals surface area contributed by atoms with Crippen LogP contribution in [0.1, 0.15) is 24.2 Å². The Morgan fingerprint density at radius 1 is 1.17 bits per heavy atom. The van der Waals surface area contributed by atoms with Crippen molar-refractivity contribution in [1.82, 2.24) is 20.1 Å². The fourth-order valence-corrected chi connectivity index (χ4v) is 3.98. The lowest BCUT2D eigenvalue weighted by Gasteiger charge is -2.14. The van der Waals surface area contributed by atoms with Crippen LogP contribution in [0, 0.1) is 12.7 Å². The Kier molecular flexibility index (Phi) is 5.61. The van der Waals surface area contributed by atoms with Gasteiger partial charge in [0.2, 0.25) is 0 Å². The van der Waals surface area contributed by atoms with Crippen molar-refractivity contribution in [1.29, 1.82) is 0 Å². The molecule has 2 aromatic heterocycles. The van der Waals surface area contributed by atoms with E-state index in [1.165, 1.54) is 18.0 Å². The number of nitrogens with two attached hydrogens (primary N) is 1. The summed E-state index contributed by atoms with van der Waals surface area (Å²) in [6, 6.07) is 14.7. The Morgan fingerprint density at radius 3 is 2.77 bits per heavy atom. The van der Waals surface area contributed by atoms with E-state index in [4.69, 9.17) is 5.73 Å². The van der Waals surface area contributed by atoms with Gasteiger partial charge in [0.15, 0.2) is 0 Å². The predicted molar refractivity (Wildman–Crippen MR) is 121 cm³/mol. The first-order chi connectivity index (χ1) is 14.5. The van der Waals surface area contributed by atoms with Gasteiger partial charge in [-0.15, -0.1) is 0 Å². The van der Waals surface area contributed by atoms with Gasteiger partial charge in [0.05, 0.1) is 22.6 Å². The van der Waals surface area contributed by atoms with Gasteiger partial charge in [-0.1, -0.05) is 6.07 Å². The van der Waals surface area contributed by atoms with Crippen LogP contribution >= 0.6 is 11.9 Å². The van der Waals surface area contributed by atoms with E-state index >= 15 is 0 Å². The molecule has 0 saturated heterocycles. The normalized spacial score (nSPS) is 12.3. The van der Waals surface area contributed by atoms with Gasteiger partial charge in [0, 0.05) is 34.2 Å². The first-order valence-corrected chi connectivity index (χ1v) is 10.4. The van der Waals surface area contributed by atoms with Crippen LogP contribution in [0.25, 0.3) is 16.6 Å². The monoisotopic (exact) mass is 422 g/mol. The van der Waals surface area contributed by atoms with Crippen molar-refractivity contribution in [3.63, 3.8) is 0 Å². The van der Waals surface area contributed by atoms with Crippen LogP contribution in [0.5, 0.6) is 0 Å². The quantitative estimate of drug-likeness (QED) is 0.304. The summed E-state index contributed by atoms with van der Waals surface area (Å²) < 4.78 is 19.6. The molecule has 2 heterocycles. The molecular formula is C22H23FN6S. The fraction of sp³-hybridized carbons (Fsp3) is 0.182. The van der Waals surface area contributed by atoms with E-state index in [1.807, 2.05) is 68.0 Å². The topological polar surface area (TPSA) is 80.8 Å². The molecule has 0 bridgehead atoms. The molecule has 0 spiro atoms. The number of nitrogens with one attached hydrogen (secondary N) is 2. The number of nitrogens with zero attached hydrogens (tertiary/aromatic N) is 3. The SMILES string of the molecule is CNC(C)c1ccc(SNc2cc(C)nn2-c2ccc(N)c3ncccc23)cc1F. The van der Waals surface area contributed by atoms with E-state index in [1.54, 1.807) is 6.20 Å². The zero-order valence-electron chi connectivity index (χ0n) is 17.0. The zero-order valence-corrected chi connectivity index (χ0v) is 17.8. The van der Waals surface area contributed by atoms with Crippen LogP contribution in [0.15, 0.2) is 59.6 Å². The number of halogens is 1. The van der Waals surface area contributed by atoms with E-state index in [-0.39, 0.29) is 11.9 Å². The van der Waals surface area contributed by atoms with Crippen molar-refractivity contribution in [2.45, 2.75) is 24.8 Å². The Bertz CT molecular complexity index is 1210. The number of pyridine rings is 1. The molecule has 0 fully saturated rings. The molecule has 0 aliphatic carbocycles. The third-order valence-electron chi connectivity index (χ3n) is 4.98. The predicted octanol–water partition coefficient (Wildman–Crippen LogP) is 4.85. The summed E-state index contributed by atoms with van der Waals surface area (Å²) >= 11 is 1.33. The van der Waals surface area contributed by atoms with E-state index in [0.717, 1.165) is 33.0 Å². The molecule has 1 atom stereocenters. The van der Waals surface area contributed by atoms with Crippen LogP contribution in [0.3, 0.4) is 0 Å². The molecule has 4 N–H and O–H groups in total. The second-order valence-corrected chi connectivity index (χ2v) is 7.93.